The summed E-state index contributed by atoms with van der Waals surface area (Å²) in [7, 11) is 0. The highest BCUT2D eigenvalue weighted by Crippen LogP contribution is 2.26. The number of carbonyl (C=O) groups excluding carboxylic acids is 1. The average Bonchev–Trinajstić information content (AvgIpc) is 2.75. The second-order valence-electron chi connectivity index (χ2n) is 6.12. The van der Waals surface area contributed by atoms with Gasteiger partial charge in [-0.15, -0.1) is 0 Å². The fourth-order valence-corrected chi connectivity index (χ4v) is 3.71. The maximum Gasteiger partial charge on any atom is 0.253 e. The molecule has 27 heavy (non-hydrogen) atoms. The van der Waals surface area contributed by atoms with Crippen LogP contribution in [0.3, 0.4) is 0 Å². The van der Waals surface area contributed by atoms with Crippen LogP contribution >= 0.6 is 11.8 Å². The topological polar surface area (TPSA) is 62.2 Å². The molecule has 1 aliphatic heterocycles. The minimum Gasteiger partial charge on any atom is -0.337 e. The number of benzene rings is 1. The number of hydrogen-bond donors (Lipinski definition) is 0. The summed E-state index contributed by atoms with van der Waals surface area (Å²) in [6.07, 6.45) is 5.26. The van der Waals surface area contributed by atoms with Gasteiger partial charge in [-0.25, -0.2) is 15.0 Å². The van der Waals surface area contributed by atoms with Crippen LogP contribution in [-0.2, 0) is 0 Å². The molecule has 4 rings (SSSR count). The summed E-state index contributed by atoms with van der Waals surface area (Å²) in [5.74, 6) is 0.790. The van der Waals surface area contributed by atoms with E-state index in [9.17, 15) is 4.79 Å². The number of hydrogen-bond acceptors (Lipinski definition) is 6. The van der Waals surface area contributed by atoms with Crippen LogP contribution in [0.1, 0.15) is 10.4 Å². The predicted molar refractivity (Wildman–Crippen MR) is 105 cm³/mol. The van der Waals surface area contributed by atoms with E-state index in [1.807, 2.05) is 47.4 Å². The molecule has 2 aromatic heterocycles. The molecule has 1 aromatic carbocycles. The Morgan fingerprint density at radius 2 is 1.52 bits per heavy atom. The lowest BCUT2D eigenvalue weighted by molar-refractivity contribution is 0.0746. The lowest BCUT2D eigenvalue weighted by Gasteiger charge is -2.34. The minimum atomic E-state index is 0.0676. The second kappa shape index (κ2) is 8.18. The number of carbonyl (C=O) groups is 1. The van der Waals surface area contributed by atoms with Crippen molar-refractivity contribution in [1.29, 1.82) is 0 Å². The van der Waals surface area contributed by atoms with Gasteiger partial charge in [0.1, 0.15) is 5.03 Å². The molecule has 0 saturated carbocycles. The summed E-state index contributed by atoms with van der Waals surface area (Å²) in [6.45, 7) is 2.82. The van der Waals surface area contributed by atoms with Crippen molar-refractivity contribution < 1.29 is 4.79 Å². The molecule has 1 fully saturated rings. The van der Waals surface area contributed by atoms with Crippen LogP contribution < -0.4 is 4.90 Å². The molecule has 1 amide bonds. The smallest absolute Gasteiger partial charge is 0.253 e. The maximum atomic E-state index is 12.8. The Morgan fingerprint density at radius 3 is 2.19 bits per heavy atom. The van der Waals surface area contributed by atoms with Crippen molar-refractivity contribution in [3.05, 3.63) is 72.7 Å². The molecule has 0 radical (unpaired) electrons. The highest BCUT2D eigenvalue weighted by atomic mass is 32.2. The Kier molecular flexibility index (Phi) is 5.29. The number of pyridine rings is 1. The Hall–Kier alpha value is -2.93. The number of amides is 1. The first-order chi connectivity index (χ1) is 13.3. The summed E-state index contributed by atoms with van der Waals surface area (Å²) in [6, 6.07) is 15.4. The molecule has 3 aromatic rings. The van der Waals surface area contributed by atoms with Crippen LogP contribution in [-0.4, -0.2) is 51.9 Å². The van der Waals surface area contributed by atoms with Gasteiger partial charge in [0.2, 0.25) is 5.95 Å². The standard InChI is InChI=1S/C20H19N5OS/c26-19(24-12-14-25(15-13-24)20-22-10-3-11-23-20)16-5-7-17(8-6-16)27-18-4-1-2-9-21-18/h1-11H,12-15H2. The van der Waals surface area contributed by atoms with Crippen molar-refractivity contribution >= 4 is 23.6 Å². The van der Waals surface area contributed by atoms with Crippen molar-refractivity contribution in [1.82, 2.24) is 19.9 Å². The molecule has 0 atom stereocenters. The summed E-state index contributed by atoms with van der Waals surface area (Å²) < 4.78 is 0. The SMILES string of the molecule is O=C(c1ccc(Sc2ccccn2)cc1)N1CCN(c2ncccn2)CC1. The van der Waals surface area contributed by atoms with Crippen molar-refractivity contribution in [2.75, 3.05) is 31.1 Å². The normalized spacial score (nSPS) is 14.2. The van der Waals surface area contributed by atoms with Gasteiger partial charge in [-0.3, -0.25) is 4.79 Å². The second-order valence-corrected chi connectivity index (χ2v) is 7.22. The molecule has 0 N–H and O–H groups in total. The van der Waals surface area contributed by atoms with E-state index < -0.39 is 0 Å². The van der Waals surface area contributed by atoms with Gasteiger partial charge in [-0.05, 0) is 42.5 Å². The maximum absolute atomic E-state index is 12.8. The zero-order chi connectivity index (χ0) is 18.5. The fraction of sp³-hybridized carbons (Fsp3) is 0.200. The van der Waals surface area contributed by atoms with Gasteiger partial charge in [0.15, 0.2) is 0 Å². The largest absolute Gasteiger partial charge is 0.337 e. The van der Waals surface area contributed by atoms with E-state index in [4.69, 9.17) is 0 Å². The van der Waals surface area contributed by atoms with Gasteiger partial charge in [-0.1, -0.05) is 17.8 Å². The number of nitrogens with zero attached hydrogens (tertiary/aromatic N) is 5. The molecule has 0 unspecified atom stereocenters. The zero-order valence-corrected chi connectivity index (χ0v) is 15.5. The Balaban J connectivity index is 1.36. The molecular formula is C20H19N5OS. The first-order valence-electron chi connectivity index (χ1n) is 8.80. The van der Waals surface area contributed by atoms with Crippen molar-refractivity contribution in [3.8, 4) is 0 Å². The molecule has 6 nitrogen and oxygen atoms in total. The van der Waals surface area contributed by atoms with E-state index >= 15 is 0 Å². The van der Waals surface area contributed by atoms with E-state index in [1.165, 1.54) is 0 Å². The molecule has 1 aliphatic rings. The third kappa shape index (κ3) is 4.25. The van der Waals surface area contributed by atoms with Crippen LogP contribution in [0.5, 0.6) is 0 Å². The summed E-state index contributed by atoms with van der Waals surface area (Å²) >= 11 is 1.58. The zero-order valence-electron chi connectivity index (χ0n) is 14.7. The van der Waals surface area contributed by atoms with Gasteiger partial charge in [0.05, 0.1) is 0 Å². The fourth-order valence-electron chi connectivity index (χ4n) is 2.94. The molecule has 7 heteroatoms. The number of rotatable bonds is 4. The summed E-state index contributed by atoms with van der Waals surface area (Å²) in [5, 5.41) is 0.941. The van der Waals surface area contributed by atoms with Gasteiger partial charge in [0, 0.05) is 55.2 Å². The van der Waals surface area contributed by atoms with Gasteiger partial charge >= 0.3 is 0 Å². The number of aromatic nitrogens is 3. The van der Waals surface area contributed by atoms with E-state index in [-0.39, 0.29) is 5.91 Å². The number of anilines is 1. The summed E-state index contributed by atoms with van der Waals surface area (Å²) in [5.41, 5.74) is 0.713. The molecule has 0 spiro atoms. The Labute approximate surface area is 162 Å². The van der Waals surface area contributed by atoms with Crippen LogP contribution in [0.4, 0.5) is 5.95 Å². The van der Waals surface area contributed by atoms with Gasteiger partial charge in [-0.2, -0.15) is 0 Å². The van der Waals surface area contributed by atoms with E-state index in [0.29, 0.717) is 18.7 Å². The van der Waals surface area contributed by atoms with Gasteiger partial charge < -0.3 is 9.80 Å². The highest BCUT2D eigenvalue weighted by molar-refractivity contribution is 7.99. The van der Waals surface area contributed by atoms with Crippen molar-refractivity contribution in [2.45, 2.75) is 9.92 Å². The molecule has 0 aliphatic carbocycles. The molecule has 3 heterocycles. The predicted octanol–water partition coefficient (Wildman–Crippen LogP) is 2.99. The van der Waals surface area contributed by atoms with E-state index in [1.54, 1.807) is 36.4 Å². The van der Waals surface area contributed by atoms with Crippen LogP contribution in [0, 0.1) is 0 Å². The molecular weight excluding hydrogens is 358 g/mol. The minimum absolute atomic E-state index is 0.0676. The molecule has 1 saturated heterocycles. The monoisotopic (exact) mass is 377 g/mol. The first kappa shape index (κ1) is 17.5. The van der Waals surface area contributed by atoms with Crippen LogP contribution in [0.15, 0.2) is 77.0 Å². The van der Waals surface area contributed by atoms with Gasteiger partial charge in [0.25, 0.3) is 5.91 Å². The summed E-state index contributed by atoms with van der Waals surface area (Å²) in [4.78, 5) is 30.7. The van der Waals surface area contributed by atoms with E-state index in [2.05, 4.69) is 19.9 Å². The lowest BCUT2D eigenvalue weighted by atomic mass is 10.2. The van der Waals surface area contributed by atoms with Crippen molar-refractivity contribution in [2.24, 2.45) is 0 Å². The molecule has 136 valence electrons. The van der Waals surface area contributed by atoms with Crippen molar-refractivity contribution in [3.63, 3.8) is 0 Å². The first-order valence-corrected chi connectivity index (χ1v) is 9.61. The third-order valence-corrected chi connectivity index (χ3v) is 5.32. The Morgan fingerprint density at radius 1 is 0.815 bits per heavy atom. The third-order valence-electron chi connectivity index (χ3n) is 4.36. The lowest BCUT2D eigenvalue weighted by Crippen LogP contribution is -2.49. The Bertz CT molecular complexity index is 881. The molecule has 0 bridgehead atoms. The number of piperazine rings is 1. The highest BCUT2D eigenvalue weighted by Gasteiger charge is 2.23. The van der Waals surface area contributed by atoms with Crippen LogP contribution in [0.2, 0.25) is 0 Å². The average molecular weight is 377 g/mol. The van der Waals surface area contributed by atoms with Crippen LogP contribution in [0.25, 0.3) is 0 Å². The van der Waals surface area contributed by atoms with E-state index in [0.717, 1.165) is 29.0 Å². The quantitative estimate of drug-likeness (QED) is 0.697.